The number of anilines is 1. The number of benzene rings is 1. The highest BCUT2D eigenvalue weighted by atomic mass is 16.5. The molecule has 1 atom stereocenters. The van der Waals surface area contributed by atoms with Gasteiger partial charge in [0.2, 0.25) is 0 Å². The highest BCUT2D eigenvalue weighted by Crippen LogP contribution is 2.27. The Balaban J connectivity index is 1.50. The van der Waals surface area contributed by atoms with Crippen molar-refractivity contribution in [2.45, 2.75) is 38.1 Å². The number of phenolic OH excluding ortho intramolecular Hbond substituents is 1. The van der Waals surface area contributed by atoms with Gasteiger partial charge in [-0.1, -0.05) is 6.42 Å². The van der Waals surface area contributed by atoms with Crippen LogP contribution in [0.3, 0.4) is 0 Å². The third-order valence-electron chi connectivity index (χ3n) is 5.45. The van der Waals surface area contributed by atoms with Gasteiger partial charge in [0.15, 0.2) is 0 Å². The van der Waals surface area contributed by atoms with E-state index < -0.39 is 0 Å². The van der Waals surface area contributed by atoms with E-state index in [2.05, 4.69) is 26.3 Å². The van der Waals surface area contributed by atoms with Crippen molar-refractivity contribution < 1.29 is 9.84 Å². The number of hydrogen-bond donors (Lipinski definition) is 2. The van der Waals surface area contributed by atoms with E-state index in [0.717, 1.165) is 68.3 Å². The van der Waals surface area contributed by atoms with E-state index in [1.165, 1.54) is 19.3 Å². The first-order valence-electron chi connectivity index (χ1n) is 9.99. The van der Waals surface area contributed by atoms with E-state index in [1.807, 2.05) is 12.1 Å². The summed E-state index contributed by atoms with van der Waals surface area (Å²) in [7, 11) is 0. The molecule has 4 rings (SSSR count). The van der Waals surface area contributed by atoms with Crippen LogP contribution in [0.2, 0.25) is 0 Å². The molecule has 27 heavy (non-hydrogen) atoms. The molecular formula is C21H28N4O2. The van der Waals surface area contributed by atoms with Crippen LogP contribution >= 0.6 is 0 Å². The molecule has 0 amide bonds. The minimum Gasteiger partial charge on any atom is -0.508 e. The summed E-state index contributed by atoms with van der Waals surface area (Å²) in [6.07, 6.45) is 7.52. The lowest BCUT2D eigenvalue weighted by Gasteiger charge is -2.27. The minimum absolute atomic E-state index is 0.297. The Morgan fingerprint density at radius 3 is 2.81 bits per heavy atom. The van der Waals surface area contributed by atoms with Crippen molar-refractivity contribution in [3.05, 3.63) is 36.2 Å². The van der Waals surface area contributed by atoms with Crippen LogP contribution in [0.5, 0.6) is 5.75 Å². The highest BCUT2D eigenvalue weighted by molar-refractivity contribution is 5.65. The molecular weight excluding hydrogens is 340 g/mol. The summed E-state index contributed by atoms with van der Waals surface area (Å²) in [5, 5.41) is 13.8. The molecule has 0 aliphatic carbocycles. The van der Waals surface area contributed by atoms with Gasteiger partial charge >= 0.3 is 0 Å². The van der Waals surface area contributed by atoms with Gasteiger partial charge in [-0.3, -0.25) is 0 Å². The van der Waals surface area contributed by atoms with Gasteiger partial charge < -0.3 is 20.1 Å². The van der Waals surface area contributed by atoms with Crippen LogP contribution in [0.15, 0.2) is 30.6 Å². The number of ether oxygens (including phenoxy) is 1. The molecule has 0 saturated carbocycles. The van der Waals surface area contributed by atoms with Gasteiger partial charge in [0, 0.05) is 30.8 Å². The Kier molecular flexibility index (Phi) is 5.84. The normalized spacial score (nSPS) is 20.6. The lowest BCUT2D eigenvalue weighted by molar-refractivity contribution is 0.122. The molecule has 0 radical (unpaired) electrons. The van der Waals surface area contributed by atoms with Gasteiger partial charge in [0.05, 0.1) is 18.9 Å². The number of aromatic nitrogens is 2. The molecule has 0 spiro atoms. The number of nitrogens with one attached hydrogen (secondary N) is 1. The van der Waals surface area contributed by atoms with Crippen molar-refractivity contribution in [1.82, 2.24) is 15.3 Å². The largest absolute Gasteiger partial charge is 0.508 e. The second kappa shape index (κ2) is 8.67. The van der Waals surface area contributed by atoms with E-state index in [1.54, 1.807) is 12.4 Å². The number of aryl methyl sites for hydroxylation is 1. The molecule has 2 aliphatic heterocycles. The molecule has 2 fully saturated rings. The Morgan fingerprint density at radius 1 is 1.11 bits per heavy atom. The number of phenols is 1. The highest BCUT2D eigenvalue weighted by Gasteiger charge is 2.15. The van der Waals surface area contributed by atoms with Gasteiger partial charge in [-0.2, -0.15) is 0 Å². The topological polar surface area (TPSA) is 70.5 Å². The summed E-state index contributed by atoms with van der Waals surface area (Å²) in [5.41, 5.74) is 2.95. The number of piperidine rings is 1. The Labute approximate surface area is 160 Å². The van der Waals surface area contributed by atoms with E-state index in [-0.39, 0.29) is 0 Å². The average molecular weight is 368 g/mol. The van der Waals surface area contributed by atoms with Crippen molar-refractivity contribution in [1.29, 1.82) is 0 Å². The summed E-state index contributed by atoms with van der Waals surface area (Å²) in [5.74, 6) is 1.21. The lowest BCUT2D eigenvalue weighted by atomic mass is 9.96. The maximum atomic E-state index is 10.2. The molecule has 6 heteroatoms. The van der Waals surface area contributed by atoms with E-state index in [9.17, 15) is 5.11 Å². The second-order valence-electron chi connectivity index (χ2n) is 7.43. The molecule has 3 heterocycles. The van der Waals surface area contributed by atoms with Crippen LogP contribution in [0.4, 0.5) is 5.82 Å². The Morgan fingerprint density at radius 2 is 2.00 bits per heavy atom. The molecule has 2 aromatic rings. The number of morpholine rings is 1. The SMILES string of the molecule is Oc1cc(CC[C@H]2CCCCN2)cc(-c2cc(N3CCOCC3)ncn2)c1. The lowest BCUT2D eigenvalue weighted by Crippen LogP contribution is -2.36. The first kappa shape index (κ1) is 18.2. The van der Waals surface area contributed by atoms with E-state index >= 15 is 0 Å². The van der Waals surface area contributed by atoms with Gasteiger partial charge in [-0.05, 0) is 56.0 Å². The zero-order chi connectivity index (χ0) is 18.5. The first-order chi connectivity index (χ1) is 13.3. The predicted molar refractivity (Wildman–Crippen MR) is 106 cm³/mol. The third-order valence-corrected chi connectivity index (χ3v) is 5.45. The second-order valence-corrected chi connectivity index (χ2v) is 7.43. The summed E-state index contributed by atoms with van der Waals surface area (Å²) >= 11 is 0. The van der Waals surface area contributed by atoms with Crippen LogP contribution in [0.25, 0.3) is 11.3 Å². The standard InChI is InChI=1S/C21H28N4O2/c26-19-12-16(4-5-18-3-1-2-6-22-18)11-17(13-19)20-14-21(24-15-23-20)25-7-9-27-10-8-25/h11-15,18,22,26H,1-10H2/t18-/m1/s1. The predicted octanol–water partition coefficient (Wildman–Crippen LogP) is 2.76. The monoisotopic (exact) mass is 368 g/mol. The zero-order valence-corrected chi connectivity index (χ0v) is 15.7. The number of hydrogen-bond acceptors (Lipinski definition) is 6. The molecule has 2 aliphatic rings. The summed E-state index contributed by atoms with van der Waals surface area (Å²) in [6.45, 7) is 4.27. The van der Waals surface area contributed by atoms with Crippen molar-refractivity contribution in [3.8, 4) is 17.0 Å². The van der Waals surface area contributed by atoms with E-state index in [4.69, 9.17) is 4.74 Å². The summed E-state index contributed by atoms with van der Waals surface area (Å²) in [6, 6.07) is 8.40. The smallest absolute Gasteiger partial charge is 0.132 e. The molecule has 0 unspecified atom stereocenters. The zero-order valence-electron chi connectivity index (χ0n) is 15.7. The fourth-order valence-electron chi connectivity index (χ4n) is 3.95. The van der Waals surface area contributed by atoms with Gasteiger partial charge in [0.1, 0.15) is 17.9 Å². The molecule has 1 aromatic carbocycles. The van der Waals surface area contributed by atoms with Crippen molar-refractivity contribution in [3.63, 3.8) is 0 Å². The van der Waals surface area contributed by atoms with Crippen molar-refractivity contribution >= 4 is 5.82 Å². The maximum Gasteiger partial charge on any atom is 0.132 e. The molecule has 6 nitrogen and oxygen atoms in total. The molecule has 1 aromatic heterocycles. The van der Waals surface area contributed by atoms with Crippen LogP contribution in [0.1, 0.15) is 31.2 Å². The summed E-state index contributed by atoms with van der Waals surface area (Å²) < 4.78 is 5.42. The number of rotatable bonds is 5. The summed E-state index contributed by atoms with van der Waals surface area (Å²) in [4.78, 5) is 11.1. The van der Waals surface area contributed by atoms with Gasteiger partial charge in [-0.15, -0.1) is 0 Å². The van der Waals surface area contributed by atoms with Crippen molar-refractivity contribution in [2.24, 2.45) is 0 Å². The maximum absolute atomic E-state index is 10.2. The fourth-order valence-corrected chi connectivity index (χ4v) is 3.95. The number of nitrogens with zero attached hydrogens (tertiary/aromatic N) is 3. The Hall–Kier alpha value is -2.18. The average Bonchev–Trinajstić information content (AvgIpc) is 2.73. The fraction of sp³-hybridized carbons (Fsp3) is 0.524. The minimum atomic E-state index is 0.297. The first-order valence-corrected chi connectivity index (χ1v) is 9.99. The quantitative estimate of drug-likeness (QED) is 0.846. The molecule has 2 N–H and O–H groups in total. The Bertz CT molecular complexity index is 756. The number of aromatic hydroxyl groups is 1. The molecule has 2 saturated heterocycles. The molecule has 0 bridgehead atoms. The van der Waals surface area contributed by atoms with Crippen LogP contribution < -0.4 is 10.2 Å². The van der Waals surface area contributed by atoms with Crippen LogP contribution in [-0.4, -0.2) is 54.0 Å². The third kappa shape index (κ3) is 4.76. The van der Waals surface area contributed by atoms with Gasteiger partial charge in [-0.25, -0.2) is 9.97 Å². The van der Waals surface area contributed by atoms with E-state index in [0.29, 0.717) is 11.8 Å². The van der Waals surface area contributed by atoms with Gasteiger partial charge in [0.25, 0.3) is 0 Å². The van der Waals surface area contributed by atoms with Crippen molar-refractivity contribution in [2.75, 3.05) is 37.7 Å². The van der Waals surface area contributed by atoms with Crippen LogP contribution in [0, 0.1) is 0 Å². The molecule has 144 valence electrons. The van der Waals surface area contributed by atoms with Crippen LogP contribution in [-0.2, 0) is 11.2 Å².